The number of carboxylic acids is 1. The van der Waals surface area contributed by atoms with Gasteiger partial charge in [-0.25, -0.2) is 14.8 Å². The van der Waals surface area contributed by atoms with Crippen molar-refractivity contribution < 1.29 is 14.7 Å². The molecule has 6 nitrogen and oxygen atoms in total. The van der Waals surface area contributed by atoms with Crippen molar-refractivity contribution in [3.8, 4) is 0 Å². The standard InChI is InChI=1S/C13H11N3O3/c1-8-2-4-9(5-3-8)12(17)16-11-10(13(18)19)14-6-7-15-11/h2-7H,1H3,(H,18,19)(H,15,16,17). The fourth-order valence-electron chi connectivity index (χ4n) is 1.47. The molecule has 19 heavy (non-hydrogen) atoms. The molecule has 1 aromatic heterocycles. The second-order valence-corrected chi connectivity index (χ2v) is 3.88. The molecule has 1 heterocycles. The van der Waals surface area contributed by atoms with Crippen LogP contribution in [-0.2, 0) is 0 Å². The van der Waals surface area contributed by atoms with E-state index in [0.29, 0.717) is 5.56 Å². The maximum Gasteiger partial charge on any atom is 0.358 e. The Bertz CT molecular complexity index is 623. The van der Waals surface area contributed by atoms with E-state index in [1.807, 2.05) is 6.92 Å². The average Bonchev–Trinajstić information content (AvgIpc) is 2.39. The number of carboxylic acid groups (broad SMARTS) is 1. The van der Waals surface area contributed by atoms with Gasteiger partial charge in [-0.1, -0.05) is 17.7 Å². The Labute approximate surface area is 109 Å². The maximum atomic E-state index is 11.9. The Kier molecular flexibility index (Phi) is 3.51. The number of anilines is 1. The quantitative estimate of drug-likeness (QED) is 0.873. The van der Waals surface area contributed by atoms with Gasteiger partial charge in [0.1, 0.15) is 0 Å². The molecule has 0 atom stereocenters. The van der Waals surface area contributed by atoms with Gasteiger partial charge in [-0.2, -0.15) is 0 Å². The minimum atomic E-state index is -1.24. The first-order valence-corrected chi connectivity index (χ1v) is 5.50. The molecule has 0 aliphatic heterocycles. The number of rotatable bonds is 3. The minimum Gasteiger partial charge on any atom is -0.476 e. The number of nitrogens with zero attached hydrogens (tertiary/aromatic N) is 2. The van der Waals surface area contributed by atoms with E-state index in [2.05, 4.69) is 15.3 Å². The van der Waals surface area contributed by atoms with Crippen LogP contribution in [0.4, 0.5) is 5.82 Å². The lowest BCUT2D eigenvalue weighted by Crippen LogP contribution is -2.17. The predicted molar refractivity (Wildman–Crippen MR) is 68.1 cm³/mol. The first-order chi connectivity index (χ1) is 9.08. The number of hydrogen-bond acceptors (Lipinski definition) is 4. The molecule has 0 spiro atoms. The second kappa shape index (κ2) is 5.26. The van der Waals surface area contributed by atoms with Crippen molar-refractivity contribution in [1.82, 2.24) is 9.97 Å². The van der Waals surface area contributed by atoms with Gasteiger partial charge in [-0.3, -0.25) is 4.79 Å². The monoisotopic (exact) mass is 257 g/mol. The zero-order valence-electron chi connectivity index (χ0n) is 10.1. The highest BCUT2D eigenvalue weighted by Crippen LogP contribution is 2.11. The van der Waals surface area contributed by atoms with Crippen molar-refractivity contribution in [1.29, 1.82) is 0 Å². The van der Waals surface area contributed by atoms with E-state index < -0.39 is 11.9 Å². The molecule has 0 aliphatic rings. The molecule has 2 rings (SSSR count). The second-order valence-electron chi connectivity index (χ2n) is 3.88. The molecule has 0 fully saturated rings. The summed E-state index contributed by atoms with van der Waals surface area (Å²) < 4.78 is 0. The van der Waals surface area contributed by atoms with Crippen molar-refractivity contribution in [3.63, 3.8) is 0 Å². The molecule has 0 unspecified atom stereocenters. The fourth-order valence-corrected chi connectivity index (χ4v) is 1.47. The molecule has 6 heteroatoms. The molecule has 0 radical (unpaired) electrons. The van der Waals surface area contributed by atoms with E-state index in [0.717, 1.165) is 5.56 Å². The van der Waals surface area contributed by atoms with E-state index in [4.69, 9.17) is 5.11 Å². The third kappa shape index (κ3) is 2.92. The zero-order valence-corrected chi connectivity index (χ0v) is 10.1. The first kappa shape index (κ1) is 12.7. The summed E-state index contributed by atoms with van der Waals surface area (Å²) >= 11 is 0. The van der Waals surface area contributed by atoms with E-state index in [1.165, 1.54) is 12.4 Å². The summed E-state index contributed by atoms with van der Waals surface area (Å²) in [6, 6.07) is 6.90. The normalized spacial score (nSPS) is 9.95. The molecule has 0 saturated heterocycles. The highest BCUT2D eigenvalue weighted by Gasteiger charge is 2.15. The molecular weight excluding hydrogens is 246 g/mol. The summed E-state index contributed by atoms with van der Waals surface area (Å²) in [7, 11) is 0. The Morgan fingerprint density at radius 3 is 2.37 bits per heavy atom. The van der Waals surface area contributed by atoms with Gasteiger partial charge >= 0.3 is 5.97 Å². The summed E-state index contributed by atoms with van der Waals surface area (Å²) in [5.74, 6) is -1.74. The van der Waals surface area contributed by atoms with Crippen LogP contribution in [0.25, 0.3) is 0 Å². The first-order valence-electron chi connectivity index (χ1n) is 5.50. The van der Waals surface area contributed by atoms with Crippen LogP contribution in [-0.4, -0.2) is 27.0 Å². The fraction of sp³-hybridized carbons (Fsp3) is 0.0769. The van der Waals surface area contributed by atoms with E-state index in [9.17, 15) is 9.59 Å². The zero-order chi connectivity index (χ0) is 13.8. The van der Waals surface area contributed by atoms with E-state index in [-0.39, 0.29) is 11.5 Å². The van der Waals surface area contributed by atoms with Gasteiger partial charge in [-0.15, -0.1) is 0 Å². The molecule has 0 bridgehead atoms. The van der Waals surface area contributed by atoms with Gasteiger partial charge < -0.3 is 10.4 Å². The van der Waals surface area contributed by atoms with Gasteiger partial charge in [0.15, 0.2) is 11.5 Å². The molecule has 2 aromatic rings. The SMILES string of the molecule is Cc1ccc(C(=O)Nc2nccnc2C(=O)O)cc1. The van der Waals surface area contributed by atoms with Crippen molar-refractivity contribution in [3.05, 3.63) is 53.5 Å². The number of aromatic carboxylic acids is 1. The number of carbonyl (C=O) groups excluding carboxylic acids is 1. The summed E-state index contributed by atoms with van der Waals surface area (Å²) in [5, 5.41) is 11.4. The van der Waals surface area contributed by atoms with Crippen LogP contribution >= 0.6 is 0 Å². The smallest absolute Gasteiger partial charge is 0.358 e. The van der Waals surface area contributed by atoms with Crippen molar-refractivity contribution >= 4 is 17.7 Å². The number of aryl methyl sites for hydroxylation is 1. The maximum absolute atomic E-state index is 11.9. The van der Waals surface area contributed by atoms with E-state index in [1.54, 1.807) is 24.3 Å². The number of benzene rings is 1. The lowest BCUT2D eigenvalue weighted by atomic mass is 10.1. The Morgan fingerprint density at radius 2 is 1.74 bits per heavy atom. The predicted octanol–water partition coefficient (Wildman–Crippen LogP) is 1.74. The molecule has 1 aromatic carbocycles. The van der Waals surface area contributed by atoms with Crippen LogP contribution < -0.4 is 5.32 Å². The van der Waals surface area contributed by atoms with Gasteiger partial charge in [0.25, 0.3) is 5.91 Å². The van der Waals surface area contributed by atoms with Crippen LogP contribution in [0.15, 0.2) is 36.7 Å². The number of carbonyl (C=O) groups is 2. The van der Waals surface area contributed by atoms with Crippen LogP contribution in [0.3, 0.4) is 0 Å². The van der Waals surface area contributed by atoms with Crippen molar-refractivity contribution in [2.24, 2.45) is 0 Å². The number of aromatic nitrogens is 2. The largest absolute Gasteiger partial charge is 0.476 e. The lowest BCUT2D eigenvalue weighted by Gasteiger charge is -2.06. The molecular formula is C13H11N3O3. The van der Waals surface area contributed by atoms with Crippen molar-refractivity contribution in [2.75, 3.05) is 5.32 Å². The highest BCUT2D eigenvalue weighted by atomic mass is 16.4. The Hall–Kier alpha value is -2.76. The summed E-state index contributed by atoms with van der Waals surface area (Å²) in [6.45, 7) is 1.91. The lowest BCUT2D eigenvalue weighted by molar-refractivity contribution is 0.0691. The van der Waals surface area contributed by atoms with Gasteiger partial charge in [-0.05, 0) is 19.1 Å². The van der Waals surface area contributed by atoms with Crippen LogP contribution in [0, 0.1) is 6.92 Å². The molecule has 0 aliphatic carbocycles. The van der Waals surface area contributed by atoms with Crippen LogP contribution in [0.5, 0.6) is 0 Å². The Morgan fingerprint density at radius 1 is 1.11 bits per heavy atom. The molecule has 2 N–H and O–H groups in total. The third-order valence-corrected chi connectivity index (χ3v) is 2.45. The number of nitrogens with one attached hydrogen (secondary N) is 1. The highest BCUT2D eigenvalue weighted by molar-refractivity contribution is 6.06. The average molecular weight is 257 g/mol. The summed E-state index contributed by atoms with van der Waals surface area (Å²) in [6.07, 6.45) is 2.57. The number of amides is 1. The Balaban J connectivity index is 2.24. The van der Waals surface area contributed by atoms with Gasteiger partial charge in [0.05, 0.1) is 0 Å². The summed E-state index contributed by atoms with van der Waals surface area (Å²) in [4.78, 5) is 30.3. The van der Waals surface area contributed by atoms with Gasteiger partial charge in [0, 0.05) is 18.0 Å². The third-order valence-electron chi connectivity index (χ3n) is 2.45. The van der Waals surface area contributed by atoms with E-state index >= 15 is 0 Å². The molecule has 0 saturated carbocycles. The topological polar surface area (TPSA) is 92.2 Å². The van der Waals surface area contributed by atoms with Crippen molar-refractivity contribution in [2.45, 2.75) is 6.92 Å². The number of hydrogen-bond donors (Lipinski definition) is 2. The molecule has 1 amide bonds. The van der Waals surface area contributed by atoms with Gasteiger partial charge in [0.2, 0.25) is 0 Å². The molecule has 96 valence electrons. The van der Waals surface area contributed by atoms with Crippen LogP contribution in [0.2, 0.25) is 0 Å². The minimum absolute atomic E-state index is 0.0689. The summed E-state index contributed by atoms with van der Waals surface area (Å²) in [5.41, 5.74) is 1.16. The van der Waals surface area contributed by atoms with Crippen LogP contribution in [0.1, 0.15) is 26.4 Å².